The van der Waals surface area contributed by atoms with Crippen molar-refractivity contribution in [2.75, 3.05) is 0 Å². The van der Waals surface area contributed by atoms with Crippen molar-refractivity contribution < 1.29 is 23.9 Å². The Morgan fingerprint density at radius 3 is 2.42 bits per heavy atom. The molecule has 0 aromatic rings. The van der Waals surface area contributed by atoms with Gasteiger partial charge in [0.25, 0.3) is 0 Å². The third-order valence-electron chi connectivity index (χ3n) is 6.58. The Bertz CT molecular complexity index is 685. The van der Waals surface area contributed by atoms with E-state index in [0.717, 1.165) is 38.5 Å². The maximum absolute atomic E-state index is 12.9. The molecule has 1 fully saturated rings. The summed E-state index contributed by atoms with van der Waals surface area (Å²) >= 11 is 0. The molecule has 0 spiro atoms. The van der Waals surface area contributed by atoms with E-state index in [4.69, 9.17) is 9.47 Å². The van der Waals surface area contributed by atoms with Crippen molar-refractivity contribution in [3.8, 4) is 0 Å². The van der Waals surface area contributed by atoms with Crippen molar-refractivity contribution in [3.63, 3.8) is 0 Å². The molecule has 36 heavy (non-hydrogen) atoms. The molecule has 0 aromatic carbocycles. The zero-order chi connectivity index (χ0) is 26.8. The highest BCUT2D eigenvalue weighted by atomic mass is 16.6. The lowest BCUT2D eigenvalue weighted by Crippen LogP contribution is -2.48. The van der Waals surface area contributed by atoms with E-state index < -0.39 is 18.1 Å². The lowest BCUT2D eigenvalue weighted by Gasteiger charge is -2.37. The summed E-state index contributed by atoms with van der Waals surface area (Å²) in [5, 5.41) is 2.60. The summed E-state index contributed by atoms with van der Waals surface area (Å²) < 4.78 is 11.3. The van der Waals surface area contributed by atoms with E-state index in [2.05, 4.69) is 44.3 Å². The number of esters is 2. The number of amides is 1. The van der Waals surface area contributed by atoms with Crippen molar-refractivity contribution >= 4 is 18.3 Å². The van der Waals surface area contributed by atoms with Crippen LogP contribution < -0.4 is 5.32 Å². The summed E-state index contributed by atoms with van der Waals surface area (Å²) in [6.07, 6.45) is 19.7. The summed E-state index contributed by atoms with van der Waals surface area (Å²) in [6, 6.07) is -0.671. The van der Waals surface area contributed by atoms with Gasteiger partial charge in [-0.05, 0) is 43.9 Å². The molecule has 0 radical (unpaired) electrons. The normalized spacial score (nSPS) is 19.5. The van der Waals surface area contributed by atoms with E-state index in [9.17, 15) is 14.4 Å². The summed E-state index contributed by atoms with van der Waals surface area (Å²) in [5.74, 6) is 0.214. The first kappa shape index (κ1) is 31.9. The number of carbonyl (C=O) groups is 3. The number of hydrogen-bond donors (Lipinski definition) is 1. The molecule has 0 aliphatic carbocycles. The van der Waals surface area contributed by atoms with Crippen LogP contribution in [-0.2, 0) is 23.9 Å². The minimum Gasteiger partial charge on any atom is -0.461 e. The first-order valence-corrected chi connectivity index (χ1v) is 14.2. The van der Waals surface area contributed by atoms with Gasteiger partial charge in [-0.2, -0.15) is 0 Å². The van der Waals surface area contributed by atoms with Gasteiger partial charge in [-0.1, -0.05) is 91.0 Å². The molecular weight excluding hydrogens is 454 g/mol. The second-order valence-corrected chi connectivity index (χ2v) is 10.9. The van der Waals surface area contributed by atoms with Crippen molar-refractivity contribution in [3.05, 3.63) is 24.3 Å². The highest BCUT2D eigenvalue weighted by molar-refractivity contribution is 5.79. The number of unbranched alkanes of at least 4 members (excludes halogenated alkanes) is 4. The molecule has 1 N–H and O–H groups in total. The second kappa shape index (κ2) is 19.1. The molecule has 1 rings (SSSR count). The van der Waals surface area contributed by atoms with Gasteiger partial charge in [-0.15, -0.1) is 0 Å². The summed E-state index contributed by atoms with van der Waals surface area (Å²) in [4.78, 5) is 36.0. The van der Waals surface area contributed by atoms with Gasteiger partial charge in [-0.25, -0.2) is 4.79 Å². The molecule has 0 saturated carbocycles. The monoisotopic (exact) mass is 505 g/mol. The van der Waals surface area contributed by atoms with Gasteiger partial charge in [0.15, 0.2) is 0 Å². The van der Waals surface area contributed by atoms with Gasteiger partial charge in [0.2, 0.25) is 6.41 Å². The summed E-state index contributed by atoms with van der Waals surface area (Å²) in [6.45, 7) is 10.6. The number of hydrogen-bond acceptors (Lipinski definition) is 5. The molecule has 0 unspecified atom stereocenters. The zero-order valence-electron chi connectivity index (χ0n) is 23.4. The lowest BCUT2D eigenvalue weighted by molar-refractivity contribution is -0.190. The molecule has 1 heterocycles. The van der Waals surface area contributed by atoms with Crippen LogP contribution in [0.2, 0.25) is 0 Å². The number of cyclic esters (lactones) is 1. The molecule has 0 bridgehead atoms. The van der Waals surface area contributed by atoms with Gasteiger partial charge in [0.05, 0.1) is 5.92 Å². The standard InChI is InChI=1S/C30H51NO5/c1-6-7-8-9-10-11-12-13-14-18-25(35-30(34)27(31-22-32)20-24(4)5)21-28-26(29(33)36-28)19-16-15-17-23(2)3/h10-11,13-14,22-28H,6-9,12,15-21H2,1-5H3,(H,31,32)/b11-10-,14-13-/t25-,26-,27-,28-/m0/s1. The van der Waals surface area contributed by atoms with Crippen LogP contribution in [0.15, 0.2) is 24.3 Å². The molecule has 1 amide bonds. The van der Waals surface area contributed by atoms with Gasteiger partial charge in [0, 0.05) is 12.8 Å². The first-order valence-electron chi connectivity index (χ1n) is 14.2. The third kappa shape index (κ3) is 13.8. The quantitative estimate of drug-likeness (QED) is 0.0814. The van der Waals surface area contributed by atoms with Crippen LogP contribution in [0, 0.1) is 17.8 Å². The highest BCUT2D eigenvalue weighted by Gasteiger charge is 2.43. The Morgan fingerprint density at radius 1 is 1.03 bits per heavy atom. The molecule has 1 saturated heterocycles. The van der Waals surface area contributed by atoms with Crippen molar-refractivity contribution in [2.45, 2.75) is 130 Å². The largest absolute Gasteiger partial charge is 0.461 e. The number of rotatable bonds is 21. The molecule has 206 valence electrons. The van der Waals surface area contributed by atoms with Crippen LogP contribution in [0.5, 0.6) is 0 Å². The average Bonchev–Trinajstić information content (AvgIpc) is 2.81. The molecule has 1 aliphatic heterocycles. The van der Waals surface area contributed by atoms with Gasteiger partial charge in [-0.3, -0.25) is 9.59 Å². The van der Waals surface area contributed by atoms with E-state index in [1.807, 2.05) is 19.9 Å². The van der Waals surface area contributed by atoms with Crippen LogP contribution in [0.4, 0.5) is 0 Å². The van der Waals surface area contributed by atoms with E-state index >= 15 is 0 Å². The van der Waals surface area contributed by atoms with E-state index in [0.29, 0.717) is 31.6 Å². The predicted molar refractivity (Wildman–Crippen MR) is 145 cm³/mol. The van der Waals surface area contributed by atoms with Gasteiger partial charge in [0.1, 0.15) is 18.2 Å². The van der Waals surface area contributed by atoms with Crippen molar-refractivity contribution in [1.82, 2.24) is 5.32 Å². The highest BCUT2D eigenvalue weighted by Crippen LogP contribution is 2.32. The number of ether oxygens (including phenoxy) is 2. The molecular formula is C30H51NO5. The Hall–Kier alpha value is -2.11. The van der Waals surface area contributed by atoms with E-state index in [-0.39, 0.29) is 23.9 Å². The fourth-order valence-corrected chi connectivity index (χ4v) is 4.46. The molecule has 4 atom stereocenters. The predicted octanol–water partition coefficient (Wildman–Crippen LogP) is 6.68. The Kier molecular flexibility index (Phi) is 16.9. The Labute approximate surface area is 219 Å². The number of nitrogens with one attached hydrogen (secondary N) is 1. The second-order valence-electron chi connectivity index (χ2n) is 10.9. The van der Waals surface area contributed by atoms with Crippen LogP contribution in [0.1, 0.15) is 112 Å². The fourth-order valence-electron chi connectivity index (χ4n) is 4.46. The molecule has 6 heteroatoms. The topological polar surface area (TPSA) is 81.7 Å². The van der Waals surface area contributed by atoms with Crippen molar-refractivity contribution in [2.24, 2.45) is 17.8 Å². The minimum absolute atomic E-state index is 0.118. The maximum atomic E-state index is 12.9. The number of carbonyl (C=O) groups excluding carboxylic acids is 3. The Morgan fingerprint density at radius 2 is 1.78 bits per heavy atom. The smallest absolute Gasteiger partial charge is 0.328 e. The molecule has 6 nitrogen and oxygen atoms in total. The lowest BCUT2D eigenvalue weighted by atomic mass is 9.86. The van der Waals surface area contributed by atoms with Crippen LogP contribution in [0.3, 0.4) is 0 Å². The molecule has 1 aliphatic rings. The van der Waals surface area contributed by atoms with E-state index in [1.165, 1.54) is 19.3 Å². The van der Waals surface area contributed by atoms with Crippen LogP contribution in [0.25, 0.3) is 0 Å². The SMILES string of the molecule is CCCCC/C=C\C/C=C\C[C@@H](C[C@@H]1OC(=O)[C@H]1CCCCC(C)C)OC(=O)[C@H](CC(C)C)NC=O. The Balaban J connectivity index is 2.70. The third-order valence-corrected chi connectivity index (χ3v) is 6.58. The fraction of sp³-hybridized carbons (Fsp3) is 0.767. The average molecular weight is 506 g/mol. The van der Waals surface area contributed by atoms with Gasteiger partial charge >= 0.3 is 11.9 Å². The summed E-state index contributed by atoms with van der Waals surface area (Å²) in [5.41, 5.74) is 0. The molecule has 0 aromatic heterocycles. The van der Waals surface area contributed by atoms with Crippen LogP contribution >= 0.6 is 0 Å². The van der Waals surface area contributed by atoms with Gasteiger partial charge < -0.3 is 14.8 Å². The van der Waals surface area contributed by atoms with E-state index in [1.54, 1.807) is 0 Å². The maximum Gasteiger partial charge on any atom is 0.328 e. The minimum atomic E-state index is -0.671. The van der Waals surface area contributed by atoms with Crippen LogP contribution in [-0.4, -0.2) is 36.6 Å². The zero-order valence-corrected chi connectivity index (χ0v) is 23.4. The number of allylic oxidation sites excluding steroid dienone is 3. The van der Waals surface area contributed by atoms with Crippen molar-refractivity contribution in [1.29, 1.82) is 0 Å². The summed E-state index contributed by atoms with van der Waals surface area (Å²) in [7, 11) is 0. The first-order chi connectivity index (χ1) is 17.3.